The monoisotopic (exact) mass is 465 g/mol. The lowest BCUT2D eigenvalue weighted by Gasteiger charge is -2.45. The Kier molecular flexibility index (Phi) is 5.50. The van der Waals surface area contributed by atoms with Crippen LogP contribution in [0.2, 0.25) is 0 Å². The number of methoxy groups -OCH3 is 1. The Labute approximate surface area is 189 Å². The maximum Gasteiger partial charge on any atom is 0.298 e. The molecule has 2 aromatic rings. The SMILES string of the molecule is COC1(C)CN(c2nc(C(=O)Nc3cc(F)c(OC4CC5C[C@@H]5C4)c(F)c3)c(CCF)o2)C1. The Bertz CT molecular complexity index is 1040. The van der Waals surface area contributed by atoms with E-state index < -0.39 is 30.0 Å². The van der Waals surface area contributed by atoms with Gasteiger partial charge in [0.2, 0.25) is 0 Å². The normalized spacial score (nSPS) is 24.9. The first kappa shape index (κ1) is 22.1. The van der Waals surface area contributed by atoms with E-state index >= 15 is 0 Å². The maximum absolute atomic E-state index is 14.6. The maximum atomic E-state index is 14.6. The van der Waals surface area contributed by atoms with Crippen molar-refractivity contribution in [1.29, 1.82) is 0 Å². The number of carbonyl (C=O) groups excluding carboxylic acids is 1. The smallest absolute Gasteiger partial charge is 0.298 e. The van der Waals surface area contributed by atoms with Gasteiger partial charge in [-0.05, 0) is 38.0 Å². The third-order valence-electron chi connectivity index (χ3n) is 6.78. The largest absolute Gasteiger partial charge is 0.484 e. The van der Waals surface area contributed by atoms with Gasteiger partial charge in [-0.25, -0.2) is 8.78 Å². The Hall–Kier alpha value is -2.75. The molecule has 2 saturated carbocycles. The van der Waals surface area contributed by atoms with Crippen molar-refractivity contribution in [1.82, 2.24) is 4.98 Å². The van der Waals surface area contributed by atoms with Crippen LogP contribution in [-0.4, -0.2) is 49.5 Å². The Morgan fingerprint density at radius 3 is 2.52 bits per heavy atom. The molecule has 1 saturated heterocycles. The van der Waals surface area contributed by atoms with Crippen molar-refractivity contribution in [2.45, 2.75) is 44.3 Å². The van der Waals surface area contributed by atoms with Crippen LogP contribution in [0.5, 0.6) is 5.75 Å². The van der Waals surface area contributed by atoms with Gasteiger partial charge in [-0.3, -0.25) is 9.18 Å². The van der Waals surface area contributed by atoms with Gasteiger partial charge in [0.1, 0.15) is 11.4 Å². The molecule has 2 heterocycles. The molecule has 2 aliphatic carbocycles. The lowest BCUT2D eigenvalue weighted by molar-refractivity contribution is -0.0191. The van der Waals surface area contributed by atoms with E-state index in [0.29, 0.717) is 24.9 Å². The average molecular weight is 465 g/mol. The number of aryl methyl sites for hydroxylation is 1. The number of rotatable bonds is 8. The zero-order chi connectivity index (χ0) is 23.3. The van der Waals surface area contributed by atoms with Gasteiger partial charge >= 0.3 is 0 Å². The molecule has 5 rings (SSSR count). The minimum Gasteiger partial charge on any atom is -0.484 e. The molecule has 178 valence electrons. The lowest BCUT2D eigenvalue weighted by atomic mass is 9.97. The molecule has 0 radical (unpaired) electrons. The van der Waals surface area contributed by atoms with Gasteiger partial charge < -0.3 is 24.1 Å². The Balaban J connectivity index is 1.29. The van der Waals surface area contributed by atoms with Crippen LogP contribution in [0.25, 0.3) is 0 Å². The molecule has 2 unspecified atom stereocenters. The number of halogens is 3. The molecule has 3 aliphatic rings. The zero-order valence-corrected chi connectivity index (χ0v) is 18.5. The summed E-state index contributed by atoms with van der Waals surface area (Å²) in [7, 11) is 1.60. The molecule has 3 atom stereocenters. The van der Waals surface area contributed by atoms with Crippen LogP contribution in [0.1, 0.15) is 42.4 Å². The first-order valence-corrected chi connectivity index (χ1v) is 11.1. The highest BCUT2D eigenvalue weighted by molar-refractivity contribution is 6.03. The highest BCUT2D eigenvalue weighted by atomic mass is 19.1. The van der Waals surface area contributed by atoms with Crippen LogP contribution >= 0.6 is 0 Å². The molecule has 1 aromatic heterocycles. The van der Waals surface area contributed by atoms with Crippen LogP contribution in [0.15, 0.2) is 16.5 Å². The van der Waals surface area contributed by atoms with Crippen molar-refractivity contribution in [2.24, 2.45) is 11.8 Å². The van der Waals surface area contributed by atoms with Crippen molar-refractivity contribution < 1.29 is 31.9 Å². The Morgan fingerprint density at radius 1 is 1.24 bits per heavy atom. The molecule has 1 N–H and O–H groups in total. The zero-order valence-electron chi connectivity index (χ0n) is 18.5. The summed E-state index contributed by atoms with van der Waals surface area (Å²) in [5.41, 5.74) is -0.571. The lowest BCUT2D eigenvalue weighted by Crippen LogP contribution is -2.61. The number of nitrogens with one attached hydrogen (secondary N) is 1. The van der Waals surface area contributed by atoms with E-state index in [0.717, 1.165) is 25.0 Å². The van der Waals surface area contributed by atoms with Crippen molar-refractivity contribution in [3.8, 4) is 5.75 Å². The number of nitrogens with zero attached hydrogens (tertiary/aromatic N) is 2. The average Bonchev–Trinajstić information content (AvgIpc) is 3.16. The van der Waals surface area contributed by atoms with Gasteiger partial charge in [0.15, 0.2) is 23.1 Å². The highest BCUT2D eigenvalue weighted by Gasteiger charge is 2.47. The molecule has 7 nitrogen and oxygen atoms in total. The van der Waals surface area contributed by atoms with Crippen LogP contribution in [0.4, 0.5) is 24.9 Å². The molecular weight excluding hydrogens is 439 g/mol. The number of anilines is 2. The van der Waals surface area contributed by atoms with Crippen molar-refractivity contribution in [3.05, 3.63) is 35.2 Å². The second-order valence-electron chi connectivity index (χ2n) is 9.41. The number of hydrogen-bond acceptors (Lipinski definition) is 6. The number of ether oxygens (including phenoxy) is 2. The number of alkyl halides is 1. The summed E-state index contributed by atoms with van der Waals surface area (Å²) in [6, 6.07) is 2.18. The van der Waals surface area contributed by atoms with Crippen molar-refractivity contribution >= 4 is 17.6 Å². The van der Waals surface area contributed by atoms with Gasteiger partial charge in [0.25, 0.3) is 11.9 Å². The van der Waals surface area contributed by atoms with Crippen LogP contribution in [-0.2, 0) is 11.2 Å². The molecule has 1 aromatic carbocycles. The first-order valence-electron chi connectivity index (χ1n) is 11.1. The van der Waals surface area contributed by atoms with E-state index in [-0.39, 0.29) is 41.3 Å². The van der Waals surface area contributed by atoms with Gasteiger partial charge in [-0.1, -0.05) is 0 Å². The molecule has 0 bridgehead atoms. The fourth-order valence-corrected chi connectivity index (χ4v) is 4.79. The molecule has 33 heavy (non-hydrogen) atoms. The number of oxazole rings is 1. The number of fused-ring (bicyclic) bond motifs is 1. The van der Waals surface area contributed by atoms with Crippen molar-refractivity contribution in [2.75, 3.05) is 37.1 Å². The van der Waals surface area contributed by atoms with Crippen LogP contribution < -0.4 is 15.0 Å². The van der Waals surface area contributed by atoms with E-state index in [4.69, 9.17) is 13.9 Å². The first-order chi connectivity index (χ1) is 15.8. The Morgan fingerprint density at radius 2 is 1.91 bits per heavy atom. The van der Waals surface area contributed by atoms with E-state index in [9.17, 15) is 18.0 Å². The summed E-state index contributed by atoms with van der Waals surface area (Å²) in [6.45, 7) is 2.18. The number of benzene rings is 1. The fraction of sp³-hybridized carbons (Fsp3) is 0.565. The fourth-order valence-electron chi connectivity index (χ4n) is 4.79. The third kappa shape index (κ3) is 4.28. The predicted molar refractivity (Wildman–Crippen MR) is 113 cm³/mol. The summed E-state index contributed by atoms with van der Waals surface area (Å²) in [5, 5.41) is 2.43. The van der Waals surface area contributed by atoms with Crippen LogP contribution in [0.3, 0.4) is 0 Å². The predicted octanol–water partition coefficient (Wildman–Crippen LogP) is 4.12. The quantitative estimate of drug-likeness (QED) is 0.632. The number of carbonyl (C=O) groups is 1. The van der Waals surface area contributed by atoms with Gasteiger partial charge in [0, 0.05) is 31.4 Å². The number of amides is 1. The minimum absolute atomic E-state index is 0.0664. The van der Waals surface area contributed by atoms with Gasteiger partial charge in [0.05, 0.1) is 25.9 Å². The summed E-state index contributed by atoms with van der Waals surface area (Å²) in [4.78, 5) is 18.8. The minimum atomic E-state index is -0.893. The van der Waals surface area contributed by atoms with E-state index in [1.165, 1.54) is 6.42 Å². The third-order valence-corrected chi connectivity index (χ3v) is 6.78. The standard InChI is InChI=1S/C23H26F3N3O4/c1-23(31-2)10-29(11-23)22-28-19(18(33-22)3-4-24)21(30)27-14-8-16(25)20(17(26)9-14)32-15-6-12-5-13(12)7-15/h8-9,12-13,15H,3-7,10-11H2,1-2H3,(H,27,30)/t12-,13?,15?/m1/s1. The molecular formula is C23H26F3N3O4. The van der Waals surface area contributed by atoms with Gasteiger partial charge in [-0.2, -0.15) is 4.98 Å². The molecule has 10 heteroatoms. The summed E-state index contributed by atoms with van der Waals surface area (Å²) < 4.78 is 58.7. The van der Waals surface area contributed by atoms with E-state index in [1.54, 1.807) is 12.0 Å². The van der Waals surface area contributed by atoms with Gasteiger partial charge in [-0.15, -0.1) is 0 Å². The van der Waals surface area contributed by atoms with E-state index in [1.807, 2.05) is 6.92 Å². The second-order valence-corrected chi connectivity index (χ2v) is 9.41. The summed E-state index contributed by atoms with van der Waals surface area (Å²) in [6.07, 6.45) is 2.47. The highest BCUT2D eigenvalue weighted by Crippen LogP contribution is 2.52. The topological polar surface area (TPSA) is 76.8 Å². The summed E-state index contributed by atoms with van der Waals surface area (Å²) in [5.74, 6) is -1.66. The molecule has 0 spiro atoms. The van der Waals surface area contributed by atoms with Crippen molar-refractivity contribution in [3.63, 3.8) is 0 Å². The summed E-state index contributed by atoms with van der Waals surface area (Å²) >= 11 is 0. The van der Waals surface area contributed by atoms with Crippen LogP contribution in [0, 0.1) is 23.5 Å². The number of hydrogen-bond donors (Lipinski definition) is 1. The second kappa shape index (κ2) is 8.23. The number of aromatic nitrogens is 1. The molecule has 1 aliphatic heterocycles. The molecule has 1 amide bonds. The van der Waals surface area contributed by atoms with E-state index in [2.05, 4.69) is 10.3 Å². The molecule has 3 fully saturated rings.